The van der Waals surface area contributed by atoms with Gasteiger partial charge in [-0.1, -0.05) is 48.0 Å². The number of carboxylic acids is 1. The minimum absolute atomic E-state index is 0.124. The van der Waals surface area contributed by atoms with E-state index in [9.17, 15) is 18.0 Å². The molecule has 0 unspecified atom stereocenters. The van der Waals surface area contributed by atoms with Gasteiger partial charge < -0.3 is 14.7 Å². The van der Waals surface area contributed by atoms with Crippen molar-refractivity contribution in [3.8, 4) is 11.5 Å². The van der Waals surface area contributed by atoms with Crippen LogP contribution in [0, 0.1) is 5.41 Å². The van der Waals surface area contributed by atoms with Crippen molar-refractivity contribution < 1.29 is 32.6 Å². The molecular weight excluding hydrogens is 557 g/mol. The SMILES string of the molecule is O=C(O)C(F)(F)F.O=C(c1ccc(Cl)cc1)N1CCC2(CCN(Cc3ccccc3Oc3ccccc3)CC2)CC1. The Hall–Kier alpha value is -3.56. The fourth-order valence-electron chi connectivity index (χ4n) is 5.24. The minimum atomic E-state index is -5.08. The van der Waals surface area contributed by atoms with E-state index in [0.717, 1.165) is 62.6 Å². The van der Waals surface area contributed by atoms with E-state index in [2.05, 4.69) is 23.1 Å². The Morgan fingerprint density at radius 1 is 0.829 bits per heavy atom. The third kappa shape index (κ3) is 8.47. The molecule has 0 radical (unpaired) electrons. The van der Waals surface area contributed by atoms with E-state index < -0.39 is 12.1 Å². The number of alkyl halides is 3. The second kappa shape index (κ2) is 13.4. The van der Waals surface area contributed by atoms with Crippen molar-refractivity contribution in [2.45, 2.75) is 38.4 Å². The Kier molecular flexibility index (Phi) is 9.94. The lowest BCUT2D eigenvalue weighted by molar-refractivity contribution is -0.192. The maximum absolute atomic E-state index is 12.9. The number of likely N-dealkylation sites (tertiary alicyclic amines) is 2. The van der Waals surface area contributed by atoms with E-state index in [4.69, 9.17) is 26.2 Å². The van der Waals surface area contributed by atoms with Crippen LogP contribution in [-0.4, -0.2) is 59.1 Å². The average Bonchev–Trinajstić information content (AvgIpc) is 2.96. The number of ether oxygens (including phenoxy) is 1. The Labute approximate surface area is 242 Å². The first-order chi connectivity index (χ1) is 19.5. The second-order valence-electron chi connectivity index (χ2n) is 10.4. The number of halogens is 4. The molecule has 6 nitrogen and oxygen atoms in total. The van der Waals surface area contributed by atoms with Crippen molar-refractivity contribution in [2.75, 3.05) is 26.2 Å². The van der Waals surface area contributed by atoms with Crippen LogP contribution in [0.1, 0.15) is 41.6 Å². The third-order valence-corrected chi connectivity index (χ3v) is 7.95. The molecule has 2 heterocycles. The van der Waals surface area contributed by atoms with E-state index in [0.29, 0.717) is 10.4 Å². The van der Waals surface area contributed by atoms with Gasteiger partial charge in [0.15, 0.2) is 0 Å². The van der Waals surface area contributed by atoms with Crippen LogP contribution in [0.5, 0.6) is 11.5 Å². The predicted octanol–water partition coefficient (Wildman–Crippen LogP) is 7.28. The summed E-state index contributed by atoms with van der Waals surface area (Å²) >= 11 is 5.97. The third-order valence-electron chi connectivity index (χ3n) is 7.70. The maximum Gasteiger partial charge on any atom is 0.490 e. The number of carbonyl (C=O) groups excluding carboxylic acids is 1. The van der Waals surface area contributed by atoms with Gasteiger partial charge in [-0.15, -0.1) is 0 Å². The van der Waals surface area contributed by atoms with E-state index in [1.54, 1.807) is 12.1 Å². The second-order valence-corrected chi connectivity index (χ2v) is 10.8. The van der Waals surface area contributed by atoms with Gasteiger partial charge in [-0.3, -0.25) is 9.69 Å². The first kappa shape index (κ1) is 30.4. The fraction of sp³-hybridized carbons (Fsp3) is 0.355. The van der Waals surface area contributed by atoms with Crippen molar-refractivity contribution in [2.24, 2.45) is 5.41 Å². The van der Waals surface area contributed by atoms with Gasteiger partial charge in [-0.05, 0) is 86.7 Å². The van der Waals surface area contributed by atoms with Crippen LogP contribution < -0.4 is 4.74 Å². The fourth-order valence-corrected chi connectivity index (χ4v) is 5.36. The molecule has 2 saturated heterocycles. The lowest BCUT2D eigenvalue weighted by atomic mass is 9.71. The quantitative estimate of drug-likeness (QED) is 0.339. The molecule has 10 heteroatoms. The maximum atomic E-state index is 12.9. The highest BCUT2D eigenvalue weighted by Gasteiger charge is 2.39. The van der Waals surface area contributed by atoms with Crippen molar-refractivity contribution in [3.63, 3.8) is 0 Å². The molecule has 41 heavy (non-hydrogen) atoms. The largest absolute Gasteiger partial charge is 0.490 e. The summed E-state index contributed by atoms with van der Waals surface area (Å²) in [6.07, 6.45) is -0.517. The number of hydrogen-bond donors (Lipinski definition) is 1. The van der Waals surface area contributed by atoms with Crippen molar-refractivity contribution >= 4 is 23.5 Å². The van der Waals surface area contributed by atoms with Gasteiger partial charge in [0, 0.05) is 35.8 Å². The molecule has 0 aliphatic carbocycles. The number of nitrogens with zero attached hydrogens (tertiary/aromatic N) is 2. The van der Waals surface area contributed by atoms with Crippen molar-refractivity contribution in [1.29, 1.82) is 0 Å². The molecule has 1 spiro atoms. The molecule has 1 N–H and O–H groups in total. The lowest BCUT2D eigenvalue weighted by Gasteiger charge is -2.47. The van der Waals surface area contributed by atoms with E-state index in [-0.39, 0.29) is 5.91 Å². The average molecular weight is 589 g/mol. The van der Waals surface area contributed by atoms with Gasteiger partial charge in [0.25, 0.3) is 5.91 Å². The summed E-state index contributed by atoms with van der Waals surface area (Å²) in [7, 11) is 0. The standard InChI is InChI=1S/C29H31ClN2O2.C2HF3O2/c30-25-12-10-23(11-13-25)28(33)32-20-16-29(17-21-32)14-18-31(19-15-29)22-24-6-4-5-9-27(24)34-26-7-2-1-3-8-26;3-2(4,5)1(6)7/h1-13H,14-22H2;(H,6,7). The van der Waals surface area contributed by atoms with Crippen LogP contribution in [0.3, 0.4) is 0 Å². The summed E-state index contributed by atoms with van der Waals surface area (Å²) in [5.41, 5.74) is 2.32. The van der Waals surface area contributed by atoms with Gasteiger partial charge in [0.05, 0.1) is 0 Å². The van der Waals surface area contributed by atoms with E-state index >= 15 is 0 Å². The number of amides is 1. The van der Waals surface area contributed by atoms with Gasteiger partial charge in [-0.2, -0.15) is 13.2 Å². The minimum Gasteiger partial charge on any atom is -0.475 e. The zero-order valence-corrected chi connectivity index (χ0v) is 23.2. The van der Waals surface area contributed by atoms with Crippen LogP contribution >= 0.6 is 11.6 Å². The molecule has 3 aromatic carbocycles. The number of piperidine rings is 2. The Bertz CT molecular complexity index is 1300. The number of rotatable bonds is 5. The number of hydrogen-bond acceptors (Lipinski definition) is 4. The topological polar surface area (TPSA) is 70.1 Å². The molecule has 218 valence electrons. The zero-order valence-electron chi connectivity index (χ0n) is 22.4. The van der Waals surface area contributed by atoms with Crippen LogP contribution in [0.2, 0.25) is 5.02 Å². The normalized spacial score (nSPS) is 16.9. The smallest absolute Gasteiger partial charge is 0.475 e. The highest BCUT2D eigenvalue weighted by atomic mass is 35.5. The number of carbonyl (C=O) groups is 2. The molecule has 2 fully saturated rings. The van der Waals surface area contributed by atoms with Gasteiger partial charge in [0.1, 0.15) is 11.5 Å². The predicted molar refractivity (Wildman–Crippen MR) is 150 cm³/mol. The molecule has 3 aromatic rings. The molecule has 5 rings (SSSR count). The Balaban J connectivity index is 0.000000493. The molecule has 0 aromatic heterocycles. The van der Waals surface area contributed by atoms with Crippen LogP contribution in [0.15, 0.2) is 78.9 Å². The summed E-state index contributed by atoms with van der Waals surface area (Å²) in [6, 6.07) is 25.6. The molecule has 2 aliphatic heterocycles. The summed E-state index contributed by atoms with van der Waals surface area (Å²) in [4.78, 5) is 26.3. The van der Waals surface area contributed by atoms with Crippen molar-refractivity contribution in [3.05, 3.63) is 95.0 Å². The summed E-state index contributed by atoms with van der Waals surface area (Å²) in [5.74, 6) is -0.832. The highest BCUT2D eigenvalue weighted by Crippen LogP contribution is 2.42. The lowest BCUT2D eigenvalue weighted by Crippen LogP contribution is -2.48. The molecule has 0 atom stereocenters. The highest BCUT2D eigenvalue weighted by molar-refractivity contribution is 6.30. The van der Waals surface area contributed by atoms with E-state index in [1.807, 2.05) is 53.4 Å². The monoisotopic (exact) mass is 588 g/mol. The summed E-state index contributed by atoms with van der Waals surface area (Å²) in [6.45, 7) is 4.76. The molecule has 2 aliphatic rings. The molecule has 0 bridgehead atoms. The van der Waals surface area contributed by atoms with Crippen molar-refractivity contribution in [1.82, 2.24) is 9.80 Å². The van der Waals surface area contributed by atoms with Gasteiger partial charge >= 0.3 is 12.1 Å². The summed E-state index contributed by atoms with van der Waals surface area (Å²) < 4.78 is 37.9. The Morgan fingerprint density at radius 2 is 1.37 bits per heavy atom. The molecule has 1 amide bonds. The summed E-state index contributed by atoms with van der Waals surface area (Å²) in [5, 5.41) is 7.79. The first-order valence-corrected chi connectivity index (χ1v) is 13.8. The van der Waals surface area contributed by atoms with Crippen LogP contribution in [0.25, 0.3) is 0 Å². The van der Waals surface area contributed by atoms with Crippen LogP contribution in [0.4, 0.5) is 13.2 Å². The molecule has 0 saturated carbocycles. The van der Waals surface area contributed by atoms with E-state index in [1.165, 1.54) is 18.4 Å². The zero-order chi connectivity index (χ0) is 29.5. The first-order valence-electron chi connectivity index (χ1n) is 13.4. The number of carboxylic acid groups (broad SMARTS) is 1. The van der Waals surface area contributed by atoms with Crippen LogP contribution in [-0.2, 0) is 11.3 Å². The van der Waals surface area contributed by atoms with Gasteiger partial charge in [-0.25, -0.2) is 4.79 Å². The number of benzene rings is 3. The number of para-hydroxylation sites is 2. The van der Waals surface area contributed by atoms with Gasteiger partial charge in [0.2, 0.25) is 0 Å². The molecular formula is C31H32ClF3N2O4. The number of aliphatic carboxylic acids is 1. The Morgan fingerprint density at radius 3 is 1.95 bits per heavy atom.